The second kappa shape index (κ2) is 6.66. The lowest BCUT2D eigenvalue weighted by Crippen LogP contribution is -2.54. The largest absolute Gasteiger partial charge is 0.352 e. The van der Waals surface area contributed by atoms with E-state index >= 15 is 0 Å². The molecule has 3 saturated heterocycles. The normalized spacial score (nSPS) is 32.8. The fourth-order valence-corrected chi connectivity index (χ4v) is 5.51. The molecule has 5 heteroatoms. The van der Waals surface area contributed by atoms with Crippen LogP contribution in [0.1, 0.15) is 64.2 Å². The molecule has 1 N–H and O–H groups in total. The Kier molecular flexibility index (Phi) is 4.54. The molecule has 5 nitrogen and oxygen atoms in total. The van der Waals surface area contributed by atoms with Crippen molar-refractivity contribution in [3.63, 3.8) is 0 Å². The van der Waals surface area contributed by atoms with Crippen LogP contribution < -0.4 is 5.32 Å². The summed E-state index contributed by atoms with van der Waals surface area (Å²) in [6.45, 7) is 4.02. The molecule has 0 radical (unpaired) electrons. The third kappa shape index (κ3) is 2.85. The summed E-state index contributed by atoms with van der Waals surface area (Å²) in [6.07, 6.45) is 10.6. The molecule has 0 aromatic carbocycles. The van der Waals surface area contributed by atoms with E-state index in [1.54, 1.807) is 0 Å². The number of fused-ring (bicyclic) bond motifs is 1. The lowest BCUT2D eigenvalue weighted by Gasteiger charge is -2.32. The third-order valence-electron chi connectivity index (χ3n) is 6.85. The average molecular weight is 333 g/mol. The highest BCUT2D eigenvalue weighted by Crippen LogP contribution is 2.39. The molecular formula is C19H31N3O2. The molecule has 1 saturated carbocycles. The topological polar surface area (TPSA) is 52.7 Å². The summed E-state index contributed by atoms with van der Waals surface area (Å²) >= 11 is 0. The Balaban J connectivity index is 1.32. The van der Waals surface area contributed by atoms with E-state index in [0.29, 0.717) is 5.91 Å². The van der Waals surface area contributed by atoms with E-state index in [1.165, 1.54) is 6.42 Å². The first-order chi connectivity index (χ1) is 11.7. The van der Waals surface area contributed by atoms with Crippen LogP contribution in [0.3, 0.4) is 0 Å². The summed E-state index contributed by atoms with van der Waals surface area (Å²) in [5.41, 5.74) is -0.213. The molecule has 4 fully saturated rings. The Morgan fingerprint density at radius 3 is 2.29 bits per heavy atom. The van der Waals surface area contributed by atoms with Gasteiger partial charge < -0.3 is 10.2 Å². The minimum absolute atomic E-state index is 0.133. The zero-order valence-electron chi connectivity index (χ0n) is 14.8. The second-order valence-electron chi connectivity index (χ2n) is 8.29. The predicted octanol–water partition coefficient (Wildman–Crippen LogP) is 1.91. The average Bonchev–Trinajstić information content (AvgIpc) is 3.30. The first-order valence-electron chi connectivity index (χ1n) is 10.0. The highest BCUT2D eigenvalue weighted by molar-refractivity contribution is 5.87. The van der Waals surface area contributed by atoms with Crippen molar-refractivity contribution in [2.45, 2.75) is 75.8 Å². The third-order valence-corrected chi connectivity index (χ3v) is 6.85. The van der Waals surface area contributed by atoms with Crippen molar-refractivity contribution in [1.82, 2.24) is 15.1 Å². The van der Waals surface area contributed by atoms with Crippen molar-refractivity contribution in [1.29, 1.82) is 0 Å². The van der Waals surface area contributed by atoms with Crippen molar-refractivity contribution < 1.29 is 9.59 Å². The van der Waals surface area contributed by atoms with Crippen molar-refractivity contribution in [2.75, 3.05) is 26.2 Å². The lowest BCUT2D eigenvalue weighted by atomic mass is 9.92. The van der Waals surface area contributed by atoms with Gasteiger partial charge >= 0.3 is 0 Å². The quantitative estimate of drug-likeness (QED) is 0.858. The highest BCUT2D eigenvalue weighted by Gasteiger charge is 2.50. The van der Waals surface area contributed by atoms with Crippen LogP contribution in [0.5, 0.6) is 0 Å². The Labute approximate surface area is 145 Å². The SMILES string of the molecule is O=C([C@@H]1CC[C@H](NC(=O)C23CCCN2CCC3)C1)N1CCCCC1. The van der Waals surface area contributed by atoms with Crippen LogP contribution in [-0.2, 0) is 9.59 Å². The second-order valence-corrected chi connectivity index (χ2v) is 8.29. The fraction of sp³-hybridized carbons (Fsp3) is 0.895. The van der Waals surface area contributed by atoms with Crippen molar-refractivity contribution >= 4 is 11.8 Å². The number of nitrogens with zero attached hydrogens (tertiary/aromatic N) is 2. The first-order valence-corrected chi connectivity index (χ1v) is 10.0. The van der Waals surface area contributed by atoms with E-state index in [0.717, 1.165) is 84.0 Å². The minimum Gasteiger partial charge on any atom is -0.352 e. The van der Waals surface area contributed by atoms with Crippen LogP contribution in [0.2, 0.25) is 0 Å². The van der Waals surface area contributed by atoms with Gasteiger partial charge in [-0.05, 0) is 77.3 Å². The number of hydrogen-bond acceptors (Lipinski definition) is 3. The number of amides is 2. The Morgan fingerprint density at radius 2 is 1.58 bits per heavy atom. The summed E-state index contributed by atoms with van der Waals surface area (Å²) in [4.78, 5) is 30.1. The maximum Gasteiger partial charge on any atom is 0.240 e. The molecule has 0 aromatic heterocycles. The fourth-order valence-electron chi connectivity index (χ4n) is 5.51. The Hall–Kier alpha value is -1.10. The van der Waals surface area contributed by atoms with E-state index in [9.17, 15) is 9.59 Å². The molecule has 2 atom stereocenters. The van der Waals surface area contributed by atoms with Crippen molar-refractivity contribution in [3.8, 4) is 0 Å². The van der Waals surface area contributed by atoms with Crippen LogP contribution in [0.25, 0.3) is 0 Å². The summed E-state index contributed by atoms with van der Waals surface area (Å²) < 4.78 is 0. The molecule has 0 aromatic rings. The number of hydrogen-bond donors (Lipinski definition) is 1. The van der Waals surface area contributed by atoms with Crippen LogP contribution in [0, 0.1) is 5.92 Å². The van der Waals surface area contributed by atoms with Gasteiger partial charge in [0.1, 0.15) is 5.54 Å². The minimum atomic E-state index is -0.213. The van der Waals surface area contributed by atoms with Gasteiger partial charge in [-0.25, -0.2) is 0 Å². The summed E-state index contributed by atoms with van der Waals surface area (Å²) in [5.74, 6) is 0.718. The molecule has 4 aliphatic rings. The molecule has 1 aliphatic carbocycles. The zero-order valence-corrected chi connectivity index (χ0v) is 14.8. The van der Waals surface area contributed by atoms with E-state index in [-0.39, 0.29) is 23.4 Å². The molecule has 3 heterocycles. The summed E-state index contributed by atoms with van der Waals surface area (Å²) in [5, 5.41) is 3.32. The highest BCUT2D eigenvalue weighted by atomic mass is 16.2. The Bertz CT molecular complexity index is 491. The number of nitrogens with one attached hydrogen (secondary N) is 1. The van der Waals surface area contributed by atoms with Gasteiger partial charge in [0, 0.05) is 25.0 Å². The van der Waals surface area contributed by atoms with Crippen molar-refractivity contribution in [3.05, 3.63) is 0 Å². The first kappa shape index (κ1) is 16.4. The molecule has 0 spiro atoms. The van der Waals surface area contributed by atoms with Crippen molar-refractivity contribution in [2.24, 2.45) is 5.92 Å². The molecule has 2 amide bonds. The van der Waals surface area contributed by atoms with Gasteiger partial charge in [-0.15, -0.1) is 0 Å². The lowest BCUT2D eigenvalue weighted by molar-refractivity contribution is -0.136. The van der Waals surface area contributed by atoms with Crippen LogP contribution in [-0.4, -0.2) is 59.4 Å². The van der Waals surface area contributed by atoms with Gasteiger partial charge in [-0.2, -0.15) is 0 Å². The monoisotopic (exact) mass is 333 g/mol. The van der Waals surface area contributed by atoms with Crippen LogP contribution in [0.15, 0.2) is 0 Å². The van der Waals surface area contributed by atoms with Gasteiger partial charge in [0.2, 0.25) is 11.8 Å². The molecule has 4 rings (SSSR count). The van der Waals surface area contributed by atoms with Gasteiger partial charge in [0.15, 0.2) is 0 Å². The Morgan fingerprint density at radius 1 is 0.875 bits per heavy atom. The van der Waals surface area contributed by atoms with E-state index in [2.05, 4.69) is 15.1 Å². The van der Waals surface area contributed by atoms with E-state index in [4.69, 9.17) is 0 Å². The zero-order chi connectivity index (χ0) is 16.6. The maximum absolute atomic E-state index is 12.9. The molecule has 3 aliphatic heterocycles. The number of carbonyl (C=O) groups excluding carboxylic acids is 2. The summed E-state index contributed by atoms with van der Waals surface area (Å²) in [6, 6.07) is 0.202. The number of rotatable bonds is 3. The van der Waals surface area contributed by atoms with Gasteiger partial charge in [0.05, 0.1) is 0 Å². The number of piperidine rings is 1. The summed E-state index contributed by atoms with van der Waals surface area (Å²) in [7, 11) is 0. The standard InChI is InChI=1S/C19H31N3O2/c23-17(21-10-2-1-3-11-21)15-6-7-16(14-15)20-18(24)19-8-4-12-22(19)13-5-9-19/h15-16H,1-14H2,(H,20,24)/t15-,16+/m1/s1. The smallest absolute Gasteiger partial charge is 0.240 e. The van der Waals surface area contributed by atoms with Crippen LogP contribution >= 0.6 is 0 Å². The van der Waals surface area contributed by atoms with Gasteiger partial charge in [0.25, 0.3) is 0 Å². The van der Waals surface area contributed by atoms with Crippen LogP contribution in [0.4, 0.5) is 0 Å². The number of likely N-dealkylation sites (tertiary alicyclic amines) is 1. The molecule has 0 unspecified atom stereocenters. The van der Waals surface area contributed by atoms with Gasteiger partial charge in [-0.1, -0.05) is 0 Å². The molecule has 24 heavy (non-hydrogen) atoms. The van der Waals surface area contributed by atoms with E-state index in [1.807, 2.05) is 0 Å². The molecule has 0 bridgehead atoms. The predicted molar refractivity (Wildman–Crippen MR) is 92.5 cm³/mol. The van der Waals surface area contributed by atoms with E-state index < -0.39 is 0 Å². The maximum atomic E-state index is 12.9. The molecular weight excluding hydrogens is 302 g/mol. The number of carbonyl (C=O) groups is 2. The molecule has 134 valence electrons. The van der Waals surface area contributed by atoms with Gasteiger partial charge in [-0.3, -0.25) is 14.5 Å².